The molecule has 0 aromatic heterocycles. The Bertz CT molecular complexity index is 514. The molecule has 1 aromatic carbocycles. The van der Waals surface area contributed by atoms with Crippen LogP contribution >= 0.6 is 35.7 Å². The fourth-order valence-electron chi connectivity index (χ4n) is 2.04. The van der Waals surface area contributed by atoms with Crippen molar-refractivity contribution in [2.75, 3.05) is 18.9 Å². The number of rotatable bonds is 4. The third-order valence-corrected chi connectivity index (χ3v) is 3.63. The van der Waals surface area contributed by atoms with Crippen molar-refractivity contribution in [2.24, 2.45) is 10.7 Å². The Balaban J connectivity index is 0.00000242. The summed E-state index contributed by atoms with van der Waals surface area (Å²) in [4.78, 5) is 3.92. The first-order chi connectivity index (χ1) is 9.96. The lowest BCUT2D eigenvalue weighted by atomic mass is 10.0. The first-order valence-corrected chi connectivity index (χ1v) is 7.43. The number of benzene rings is 1. The van der Waals surface area contributed by atoms with Crippen LogP contribution in [0.3, 0.4) is 0 Å². The molecule has 0 saturated heterocycles. The van der Waals surface area contributed by atoms with Gasteiger partial charge in [0.15, 0.2) is 5.96 Å². The van der Waals surface area contributed by atoms with Crippen LogP contribution in [-0.4, -0.2) is 30.4 Å². The molecule has 0 spiro atoms. The van der Waals surface area contributed by atoms with E-state index in [1.807, 2.05) is 24.3 Å². The third kappa shape index (κ3) is 6.11. The van der Waals surface area contributed by atoms with Gasteiger partial charge in [0.1, 0.15) is 5.75 Å². The fraction of sp³-hybridized carbons (Fsp3) is 0.462. The molecule has 0 radical (unpaired) electrons. The van der Waals surface area contributed by atoms with Crippen LogP contribution in [0.25, 0.3) is 0 Å². The van der Waals surface area contributed by atoms with Crippen molar-refractivity contribution >= 4 is 41.7 Å². The van der Waals surface area contributed by atoms with E-state index in [-0.39, 0.29) is 60.0 Å². The lowest BCUT2D eigenvalue weighted by molar-refractivity contribution is -0.0327. The molecule has 1 heterocycles. The number of nitrogens with zero attached hydrogens (tertiary/aromatic N) is 1. The van der Waals surface area contributed by atoms with E-state index in [9.17, 15) is 13.2 Å². The number of halogens is 4. The summed E-state index contributed by atoms with van der Waals surface area (Å²) in [6, 6.07) is 7.55. The number of ether oxygens (including phenoxy) is 1. The summed E-state index contributed by atoms with van der Waals surface area (Å²) in [6.07, 6.45) is 0.727. The number of nitrogens with one attached hydrogen (secondary N) is 1. The van der Waals surface area contributed by atoms with Crippen molar-refractivity contribution in [3.8, 4) is 5.75 Å². The highest BCUT2D eigenvalue weighted by molar-refractivity contribution is 14.0. The number of alkyl halides is 3. The molecule has 1 aromatic rings. The van der Waals surface area contributed by atoms with E-state index in [4.69, 9.17) is 10.5 Å². The zero-order valence-corrected chi connectivity index (χ0v) is 14.7. The molecule has 22 heavy (non-hydrogen) atoms. The predicted octanol–water partition coefficient (Wildman–Crippen LogP) is 3.29. The van der Waals surface area contributed by atoms with Gasteiger partial charge >= 0.3 is 5.51 Å². The van der Waals surface area contributed by atoms with Gasteiger partial charge < -0.3 is 15.8 Å². The van der Waals surface area contributed by atoms with Gasteiger partial charge in [-0.15, -0.1) is 24.0 Å². The highest BCUT2D eigenvalue weighted by Gasteiger charge is 2.27. The van der Waals surface area contributed by atoms with E-state index in [0.29, 0.717) is 6.61 Å². The van der Waals surface area contributed by atoms with Gasteiger partial charge in [-0.05, 0) is 17.8 Å². The summed E-state index contributed by atoms with van der Waals surface area (Å²) < 4.78 is 41.4. The summed E-state index contributed by atoms with van der Waals surface area (Å²) in [5.74, 6) is 0.803. The van der Waals surface area contributed by atoms with Gasteiger partial charge in [-0.3, -0.25) is 4.99 Å². The summed E-state index contributed by atoms with van der Waals surface area (Å²) in [5, 5.41) is 3.03. The van der Waals surface area contributed by atoms with Crippen LogP contribution in [-0.2, 0) is 0 Å². The quantitative estimate of drug-likeness (QED) is 0.322. The molecule has 3 N–H and O–H groups in total. The lowest BCUT2D eigenvalue weighted by Gasteiger charge is -2.26. The Kier molecular flexibility index (Phi) is 7.60. The number of aliphatic imine (C=N–C) groups is 1. The van der Waals surface area contributed by atoms with Crippen molar-refractivity contribution in [3.05, 3.63) is 29.8 Å². The zero-order chi connectivity index (χ0) is 15.3. The van der Waals surface area contributed by atoms with Crippen LogP contribution in [0.2, 0.25) is 0 Å². The molecule has 2 rings (SSSR count). The highest BCUT2D eigenvalue weighted by atomic mass is 127. The molecule has 0 fully saturated rings. The fourth-order valence-corrected chi connectivity index (χ4v) is 2.46. The average Bonchev–Trinajstić information content (AvgIpc) is 2.43. The second-order valence-corrected chi connectivity index (χ2v) is 5.59. The van der Waals surface area contributed by atoms with Gasteiger partial charge in [-0.2, -0.15) is 13.2 Å². The van der Waals surface area contributed by atoms with Gasteiger partial charge in [-0.25, -0.2) is 0 Å². The molecule has 0 saturated carbocycles. The van der Waals surface area contributed by atoms with Crippen LogP contribution in [0.1, 0.15) is 18.0 Å². The van der Waals surface area contributed by atoms with E-state index in [1.165, 1.54) is 0 Å². The van der Waals surface area contributed by atoms with Crippen LogP contribution in [0, 0.1) is 0 Å². The Morgan fingerprint density at radius 2 is 2.14 bits per heavy atom. The Labute approximate surface area is 148 Å². The lowest BCUT2D eigenvalue weighted by Crippen LogP contribution is -2.37. The molecule has 0 bridgehead atoms. The normalized spacial score (nSPS) is 18.0. The Morgan fingerprint density at radius 1 is 1.41 bits per heavy atom. The number of hydrogen-bond donors (Lipinski definition) is 2. The van der Waals surface area contributed by atoms with E-state index in [2.05, 4.69) is 10.3 Å². The van der Waals surface area contributed by atoms with Crippen molar-refractivity contribution in [1.82, 2.24) is 5.32 Å². The Hall–Kier alpha value is -0.840. The number of hydrogen-bond acceptors (Lipinski definition) is 3. The summed E-state index contributed by atoms with van der Waals surface area (Å²) >= 11 is -0.100. The maximum absolute atomic E-state index is 12.0. The van der Waals surface area contributed by atoms with Gasteiger partial charge in [0.05, 0.1) is 19.2 Å². The molecule has 9 heteroatoms. The minimum absolute atomic E-state index is 0. The SMILES string of the molecule is I.NC(=NCCSC(F)(F)F)NC1CCOc2ccccc21. The maximum Gasteiger partial charge on any atom is 0.441 e. The van der Waals surface area contributed by atoms with Gasteiger partial charge in [0.2, 0.25) is 0 Å². The number of thioether (sulfide) groups is 1. The van der Waals surface area contributed by atoms with Crippen molar-refractivity contribution < 1.29 is 17.9 Å². The largest absolute Gasteiger partial charge is 0.493 e. The van der Waals surface area contributed by atoms with Crippen molar-refractivity contribution in [2.45, 2.75) is 18.0 Å². The molecule has 0 amide bonds. The maximum atomic E-state index is 12.0. The number of guanidine groups is 1. The molecular weight excluding hydrogens is 430 g/mol. The highest BCUT2D eigenvalue weighted by Crippen LogP contribution is 2.31. The Morgan fingerprint density at radius 3 is 2.86 bits per heavy atom. The predicted molar refractivity (Wildman–Crippen MR) is 92.8 cm³/mol. The zero-order valence-electron chi connectivity index (χ0n) is 11.6. The van der Waals surface area contributed by atoms with Crippen LogP contribution in [0.4, 0.5) is 13.2 Å². The van der Waals surface area contributed by atoms with Gasteiger partial charge in [0, 0.05) is 17.7 Å². The molecule has 1 unspecified atom stereocenters. The van der Waals surface area contributed by atoms with E-state index < -0.39 is 5.51 Å². The standard InChI is InChI=1S/C13H16F3N3OS.HI/c14-13(15,16)21-8-6-18-12(17)19-10-5-7-20-11-4-2-1-3-9(10)11;/h1-4,10H,5-8H2,(H3,17,18,19);1H. The molecular formula is C13H17F3IN3OS. The van der Waals surface area contributed by atoms with Crippen LogP contribution in [0.15, 0.2) is 29.3 Å². The first kappa shape index (κ1) is 19.2. The van der Waals surface area contributed by atoms with E-state index in [1.54, 1.807) is 0 Å². The van der Waals surface area contributed by atoms with Gasteiger partial charge in [-0.1, -0.05) is 18.2 Å². The number of fused-ring (bicyclic) bond motifs is 1. The second kappa shape index (κ2) is 8.70. The number of nitrogens with two attached hydrogens (primary N) is 1. The molecule has 1 aliphatic rings. The van der Waals surface area contributed by atoms with Crippen LogP contribution < -0.4 is 15.8 Å². The smallest absolute Gasteiger partial charge is 0.441 e. The summed E-state index contributed by atoms with van der Waals surface area (Å²) in [5.41, 5.74) is 2.47. The van der Waals surface area contributed by atoms with Crippen molar-refractivity contribution in [3.63, 3.8) is 0 Å². The minimum atomic E-state index is -4.22. The molecule has 1 atom stereocenters. The van der Waals surface area contributed by atoms with E-state index in [0.717, 1.165) is 17.7 Å². The van der Waals surface area contributed by atoms with E-state index >= 15 is 0 Å². The topological polar surface area (TPSA) is 59.6 Å². The third-order valence-electron chi connectivity index (χ3n) is 2.92. The molecule has 124 valence electrons. The van der Waals surface area contributed by atoms with Crippen molar-refractivity contribution in [1.29, 1.82) is 0 Å². The minimum Gasteiger partial charge on any atom is -0.493 e. The summed E-state index contributed by atoms with van der Waals surface area (Å²) in [7, 11) is 0. The first-order valence-electron chi connectivity index (χ1n) is 6.44. The number of para-hydroxylation sites is 1. The second-order valence-electron chi connectivity index (χ2n) is 4.43. The monoisotopic (exact) mass is 447 g/mol. The average molecular weight is 447 g/mol. The molecule has 1 aliphatic heterocycles. The molecule has 0 aliphatic carbocycles. The summed E-state index contributed by atoms with van der Waals surface area (Å²) in [6.45, 7) is 0.583. The van der Waals surface area contributed by atoms with Gasteiger partial charge in [0.25, 0.3) is 0 Å². The van der Waals surface area contributed by atoms with Crippen LogP contribution in [0.5, 0.6) is 5.75 Å². The molecule has 4 nitrogen and oxygen atoms in total.